The average Bonchev–Trinajstić information content (AvgIpc) is 3.64. The molecule has 0 saturated carbocycles. The number of aromatic carboxylic acids is 1. The number of ether oxygens (including phenoxy) is 2. The van der Waals surface area contributed by atoms with Gasteiger partial charge >= 0.3 is 17.9 Å². The summed E-state index contributed by atoms with van der Waals surface area (Å²) in [6, 6.07) is 27.6. The minimum atomic E-state index is -1.02. The van der Waals surface area contributed by atoms with Gasteiger partial charge in [0.2, 0.25) is 11.8 Å². The van der Waals surface area contributed by atoms with Crippen molar-refractivity contribution < 1.29 is 43.3 Å². The van der Waals surface area contributed by atoms with Gasteiger partial charge in [-0.3, -0.25) is 29.0 Å². The number of benzene rings is 4. The number of cyclic esters (lactones) is 1. The predicted molar refractivity (Wildman–Crippen MR) is 216 cm³/mol. The summed E-state index contributed by atoms with van der Waals surface area (Å²) in [5.41, 5.74) is 18.6. The number of pyridine rings is 1. The summed E-state index contributed by atoms with van der Waals surface area (Å²) in [6.45, 7) is 0.534. The maximum atomic E-state index is 12.7. The molecule has 8 N–H and O–H groups in total. The van der Waals surface area contributed by atoms with Crippen LogP contribution in [0.5, 0.6) is 0 Å². The molecule has 0 radical (unpaired) electrons. The summed E-state index contributed by atoms with van der Waals surface area (Å²) < 4.78 is 9.43. The van der Waals surface area contributed by atoms with Crippen LogP contribution in [0.3, 0.4) is 0 Å². The predicted octanol–water partition coefficient (Wildman–Crippen LogP) is 5.63. The molecule has 0 unspecified atom stereocenters. The SMILES string of the molecule is COC(=O)CC(=O)Nc1cccc(-c2cc(C(=O)Nc3ccncc3)ccc2CN)c1.NCc1ccc(C(=O)O)cc1-c1cccc(NC(=O)CC2=CCC(=O)O2)c1. The fourth-order valence-corrected chi connectivity index (χ4v) is 5.79. The molecular formula is C43H40N6O9. The van der Waals surface area contributed by atoms with E-state index in [2.05, 4.69) is 25.7 Å². The second kappa shape index (κ2) is 19.9. The number of methoxy groups -OCH3 is 1. The number of rotatable bonds is 13. The molecular weight excluding hydrogens is 745 g/mol. The molecule has 58 heavy (non-hydrogen) atoms. The molecule has 1 aliphatic rings. The van der Waals surface area contributed by atoms with Crippen molar-refractivity contribution in [1.29, 1.82) is 0 Å². The fourth-order valence-electron chi connectivity index (χ4n) is 5.79. The number of carboxylic acid groups (broad SMARTS) is 1. The van der Waals surface area contributed by atoms with E-state index >= 15 is 0 Å². The zero-order chi connectivity index (χ0) is 41.6. The van der Waals surface area contributed by atoms with E-state index in [1.54, 1.807) is 97.3 Å². The highest BCUT2D eigenvalue weighted by Crippen LogP contribution is 2.29. The molecule has 5 aromatic rings. The molecule has 0 fully saturated rings. The van der Waals surface area contributed by atoms with Gasteiger partial charge in [0.15, 0.2) is 0 Å². The zero-order valence-electron chi connectivity index (χ0n) is 31.3. The highest BCUT2D eigenvalue weighted by molar-refractivity contribution is 6.05. The van der Waals surface area contributed by atoms with Crippen LogP contribution in [0.25, 0.3) is 22.3 Å². The van der Waals surface area contributed by atoms with Crippen LogP contribution in [0.4, 0.5) is 17.1 Å². The molecule has 1 aromatic heterocycles. The van der Waals surface area contributed by atoms with Crippen molar-refractivity contribution in [2.75, 3.05) is 23.1 Å². The Balaban J connectivity index is 0.000000223. The summed E-state index contributed by atoms with van der Waals surface area (Å²) >= 11 is 0. The van der Waals surface area contributed by atoms with E-state index in [0.29, 0.717) is 33.9 Å². The van der Waals surface area contributed by atoms with Gasteiger partial charge in [0.25, 0.3) is 5.91 Å². The largest absolute Gasteiger partial charge is 0.478 e. The second-order valence-electron chi connectivity index (χ2n) is 12.7. The highest BCUT2D eigenvalue weighted by atomic mass is 16.5. The van der Waals surface area contributed by atoms with Crippen molar-refractivity contribution in [2.24, 2.45) is 11.5 Å². The number of nitrogens with two attached hydrogens (primary N) is 2. The van der Waals surface area contributed by atoms with Crippen LogP contribution in [-0.4, -0.2) is 52.8 Å². The van der Waals surface area contributed by atoms with E-state index in [4.69, 9.17) is 16.2 Å². The average molecular weight is 785 g/mol. The van der Waals surface area contributed by atoms with E-state index in [1.165, 1.54) is 13.2 Å². The van der Waals surface area contributed by atoms with E-state index in [1.807, 2.05) is 12.1 Å². The summed E-state index contributed by atoms with van der Waals surface area (Å²) in [4.78, 5) is 74.3. The first-order valence-corrected chi connectivity index (χ1v) is 17.8. The Kier molecular flexibility index (Phi) is 14.3. The monoisotopic (exact) mass is 784 g/mol. The van der Waals surface area contributed by atoms with Crippen LogP contribution in [0.2, 0.25) is 0 Å². The second-order valence-corrected chi connectivity index (χ2v) is 12.7. The van der Waals surface area contributed by atoms with Gasteiger partial charge < -0.3 is 42.0 Å². The van der Waals surface area contributed by atoms with Gasteiger partial charge in [0.05, 0.1) is 25.5 Å². The maximum absolute atomic E-state index is 12.7. The number of carboxylic acids is 1. The molecule has 0 spiro atoms. The standard InChI is InChI=1S/C23H22N4O4.C20H18N2O5/c1-31-22(29)13-21(28)26-19-4-2-3-15(11-19)20-12-16(5-6-17(20)14-24)23(30)27-18-7-9-25-10-8-18;21-11-14-5-4-13(20(25)26)9-17(14)12-2-1-3-15(8-12)22-18(23)10-16-6-7-19(24)27-16/h2-12H,13-14,24H2,1H3,(H,26,28)(H,25,27,30);1-6,8-9H,7,10-11,21H2,(H,22,23)(H,25,26). The Morgan fingerprint density at radius 3 is 1.83 bits per heavy atom. The molecule has 0 atom stereocenters. The van der Waals surface area contributed by atoms with E-state index in [0.717, 1.165) is 27.8 Å². The first-order chi connectivity index (χ1) is 28.0. The lowest BCUT2D eigenvalue weighted by atomic mass is 9.96. The van der Waals surface area contributed by atoms with Gasteiger partial charge in [-0.15, -0.1) is 0 Å². The van der Waals surface area contributed by atoms with Crippen molar-refractivity contribution in [3.8, 4) is 22.3 Å². The number of nitrogens with zero attached hydrogens (tertiary/aromatic N) is 1. The minimum Gasteiger partial charge on any atom is -0.478 e. The van der Waals surface area contributed by atoms with Gasteiger partial charge in [-0.05, 0) is 100 Å². The number of hydrogen-bond acceptors (Lipinski definition) is 11. The normalized spacial score (nSPS) is 11.6. The molecule has 2 heterocycles. The van der Waals surface area contributed by atoms with Crippen LogP contribution in [0.15, 0.2) is 121 Å². The molecule has 15 heteroatoms. The third-order valence-corrected chi connectivity index (χ3v) is 8.63. The van der Waals surface area contributed by atoms with Crippen LogP contribution in [0.1, 0.15) is 51.1 Å². The van der Waals surface area contributed by atoms with Crippen LogP contribution >= 0.6 is 0 Å². The maximum Gasteiger partial charge on any atom is 0.335 e. The van der Waals surface area contributed by atoms with E-state index in [9.17, 15) is 33.9 Å². The third kappa shape index (κ3) is 11.5. The van der Waals surface area contributed by atoms with Crippen molar-refractivity contribution in [3.05, 3.63) is 144 Å². The number of nitrogens with one attached hydrogen (secondary N) is 3. The van der Waals surface area contributed by atoms with Crippen LogP contribution < -0.4 is 27.4 Å². The quantitative estimate of drug-likeness (QED) is 0.0629. The van der Waals surface area contributed by atoms with Crippen molar-refractivity contribution in [1.82, 2.24) is 4.98 Å². The Labute approximate surface area is 333 Å². The Morgan fingerprint density at radius 1 is 0.724 bits per heavy atom. The number of esters is 2. The first-order valence-electron chi connectivity index (χ1n) is 17.8. The van der Waals surface area contributed by atoms with E-state index < -0.39 is 17.8 Å². The molecule has 296 valence electrons. The summed E-state index contributed by atoms with van der Waals surface area (Å²) in [5.74, 6) is -2.73. The van der Waals surface area contributed by atoms with Crippen molar-refractivity contribution in [3.63, 3.8) is 0 Å². The first kappa shape index (κ1) is 41.7. The van der Waals surface area contributed by atoms with Crippen molar-refractivity contribution in [2.45, 2.75) is 32.4 Å². The summed E-state index contributed by atoms with van der Waals surface area (Å²) in [6.07, 6.45) is 4.55. The van der Waals surface area contributed by atoms with Gasteiger partial charge in [-0.25, -0.2) is 4.79 Å². The Morgan fingerprint density at radius 2 is 1.29 bits per heavy atom. The topological polar surface area (TPSA) is 242 Å². The Hall–Kier alpha value is -7.49. The van der Waals surface area contributed by atoms with Crippen molar-refractivity contribution >= 4 is 52.7 Å². The van der Waals surface area contributed by atoms with Gasteiger partial charge in [-0.1, -0.05) is 36.4 Å². The number of carbonyl (C=O) groups excluding carboxylic acids is 5. The van der Waals surface area contributed by atoms with Crippen LogP contribution in [-0.2, 0) is 41.7 Å². The minimum absolute atomic E-state index is 0.0292. The lowest BCUT2D eigenvalue weighted by molar-refractivity contribution is -0.143. The third-order valence-electron chi connectivity index (χ3n) is 8.63. The number of carbonyl (C=O) groups is 6. The number of hydrogen-bond donors (Lipinski definition) is 6. The lowest BCUT2D eigenvalue weighted by Crippen LogP contribution is -2.17. The molecule has 0 aliphatic carbocycles. The molecule has 0 bridgehead atoms. The smallest absolute Gasteiger partial charge is 0.335 e. The summed E-state index contributed by atoms with van der Waals surface area (Å²) in [5, 5.41) is 17.5. The molecule has 4 aromatic carbocycles. The Bertz CT molecular complexity index is 2380. The molecule has 1 aliphatic heterocycles. The molecule has 6 rings (SSSR count). The van der Waals surface area contributed by atoms with Gasteiger partial charge in [0, 0.05) is 48.1 Å². The number of aromatic nitrogens is 1. The summed E-state index contributed by atoms with van der Waals surface area (Å²) in [7, 11) is 1.22. The number of anilines is 3. The molecule has 0 saturated heterocycles. The molecule has 15 nitrogen and oxygen atoms in total. The zero-order valence-corrected chi connectivity index (χ0v) is 31.3. The fraction of sp³-hybridized carbons (Fsp3) is 0.140. The van der Waals surface area contributed by atoms with Gasteiger partial charge in [0.1, 0.15) is 12.2 Å². The number of amides is 3. The van der Waals surface area contributed by atoms with Gasteiger partial charge in [-0.2, -0.15) is 0 Å². The van der Waals surface area contributed by atoms with Crippen LogP contribution in [0, 0.1) is 0 Å². The van der Waals surface area contributed by atoms with E-state index in [-0.39, 0.29) is 55.7 Å². The molecule has 3 amide bonds. The lowest BCUT2D eigenvalue weighted by Gasteiger charge is -2.13. The highest BCUT2D eigenvalue weighted by Gasteiger charge is 2.18.